The van der Waals surface area contributed by atoms with Gasteiger partial charge in [0.05, 0.1) is 13.2 Å². The minimum absolute atomic E-state index is 0.638. The van der Waals surface area contributed by atoms with Gasteiger partial charge in [0.2, 0.25) is 0 Å². The first kappa shape index (κ1) is 18.9. The molecule has 5 atom stereocenters. The fraction of sp³-hybridized carbons (Fsp3) is 0.714. The average molecular weight is 332 g/mol. The Bertz CT molecular complexity index is 487. The van der Waals surface area contributed by atoms with Crippen LogP contribution in [0.15, 0.2) is 0 Å². The predicted octanol–water partition coefficient (Wildman–Crippen LogP) is -0.258. The summed E-state index contributed by atoms with van der Waals surface area (Å²) in [5.41, 5.74) is 0. The van der Waals surface area contributed by atoms with Crippen molar-refractivity contribution in [3.8, 4) is 0 Å². The van der Waals surface area contributed by atoms with E-state index in [0.717, 1.165) is 21.0 Å². The maximum absolute atomic E-state index is 11.9. The van der Waals surface area contributed by atoms with Crippen LogP contribution < -0.4 is 0 Å². The van der Waals surface area contributed by atoms with Gasteiger partial charge in [-0.3, -0.25) is 14.4 Å². The minimum Gasteiger partial charge on any atom is -0.467 e. The molecule has 0 spiro atoms. The number of carbonyl (C=O) groups is 4. The molecule has 0 N–H and O–H groups in total. The first-order chi connectivity index (χ1) is 10.7. The Balaban J connectivity index is 3.21. The second-order valence-corrected chi connectivity index (χ2v) is 5.01. The quantitative estimate of drug-likeness (QED) is 0.507. The molecule has 0 saturated carbocycles. The lowest BCUT2D eigenvalue weighted by Gasteiger charge is -2.42. The normalized spacial score (nSPS) is 30.0. The Kier molecular flexibility index (Phi) is 6.49. The molecule has 1 heterocycles. The molecule has 0 aromatic heterocycles. The Morgan fingerprint density at radius 2 is 1.22 bits per heavy atom. The van der Waals surface area contributed by atoms with Gasteiger partial charge in [-0.15, -0.1) is 0 Å². The van der Waals surface area contributed by atoms with Crippen molar-refractivity contribution in [2.45, 2.75) is 58.2 Å². The van der Waals surface area contributed by atoms with Crippen molar-refractivity contribution < 1.29 is 42.9 Å². The highest BCUT2D eigenvalue weighted by Crippen LogP contribution is 2.29. The average Bonchev–Trinajstić information content (AvgIpc) is 2.43. The molecule has 0 radical (unpaired) electrons. The molecule has 1 rings (SSSR count). The van der Waals surface area contributed by atoms with Gasteiger partial charge < -0.3 is 23.7 Å². The molecule has 1 fully saturated rings. The molecule has 1 saturated heterocycles. The van der Waals surface area contributed by atoms with Gasteiger partial charge in [0.15, 0.2) is 24.4 Å². The third kappa shape index (κ3) is 4.92. The monoisotopic (exact) mass is 332 g/mol. The van der Waals surface area contributed by atoms with Gasteiger partial charge in [-0.25, -0.2) is 4.79 Å². The zero-order valence-corrected chi connectivity index (χ0v) is 13.6. The first-order valence-electron chi connectivity index (χ1n) is 6.92. The van der Waals surface area contributed by atoms with Crippen LogP contribution in [0.2, 0.25) is 0 Å². The third-order valence-corrected chi connectivity index (χ3v) is 3.11. The lowest BCUT2D eigenvalue weighted by atomic mass is 9.94. The van der Waals surface area contributed by atoms with E-state index in [1.807, 2.05) is 0 Å². The summed E-state index contributed by atoms with van der Waals surface area (Å²) in [6, 6.07) is 0. The van der Waals surface area contributed by atoms with Gasteiger partial charge in [-0.05, 0) is 6.92 Å². The third-order valence-electron chi connectivity index (χ3n) is 3.11. The first-order valence-corrected chi connectivity index (χ1v) is 6.92. The highest BCUT2D eigenvalue weighted by molar-refractivity contribution is 5.77. The number of rotatable bonds is 4. The van der Waals surface area contributed by atoms with Crippen LogP contribution in [0.3, 0.4) is 0 Å². The Labute approximate surface area is 133 Å². The van der Waals surface area contributed by atoms with Crippen LogP contribution in [0.4, 0.5) is 0 Å². The molecule has 0 unspecified atom stereocenters. The van der Waals surface area contributed by atoms with Gasteiger partial charge in [0.25, 0.3) is 0 Å². The summed E-state index contributed by atoms with van der Waals surface area (Å²) in [5, 5.41) is 0. The second kappa shape index (κ2) is 7.91. The summed E-state index contributed by atoms with van der Waals surface area (Å²) in [7, 11) is 1.14. The SMILES string of the molecule is COC(=O)[C@@H]1O[C@H](C)[C@@H](OC(C)=O)[C@H](OC(C)=O)[C@H]1OC(C)=O. The van der Waals surface area contributed by atoms with Crippen molar-refractivity contribution in [3.05, 3.63) is 0 Å². The highest BCUT2D eigenvalue weighted by atomic mass is 16.7. The molecule has 1 aliphatic heterocycles. The van der Waals surface area contributed by atoms with Crippen molar-refractivity contribution in [3.63, 3.8) is 0 Å². The maximum Gasteiger partial charge on any atom is 0.339 e. The van der Waals surface area contributed by atoms with E-state index in [1.165, 1.54) is 13.8 Å². The van der Waals surface area contributed by atoms with E-state index in [0.29, 0.717) is 0 Å². The highest BCUT2D eigenvalue weighted by Gasteiger charge is 2.53. The molecule has 0 bridgehead atoms. The van der Waals surface area contributed by atoms with E-state index < -0.39 is 54.4 Å². The van der Waals surface area contributed by atoms with Crippen molar-refractivity contribution >= 4 is 23.9 Å². The largest absolute Gasteiger partial charge is 0.467 e. The lowest BCUT2D eigenvalue weighted by Crippen LogP contribution is -2.62. The number of esters is 4. The fourth-order valence-corrected chi connectivity index (χ4v) is 2.32. The molecule has 130 valence electrons. The van der Waals surface area contributed by atoms with Crippen LogP contribution in [0.25, 0.3) is 0 Å². The van der Waals surface area contributed by atoms with Crippen LogP contribution in [-0.4, -0.2) is 61.5 Å². The molecule has 0 aromatic rings. The summed E-state index contributed by atoms with van der Waals surface area (Å²) < 4.78 is 25.4. The summed E-state index contributed by atoms with van der Waals surface area (Å²) in [4.78, 5) is 45.8. The van der Waals surface area contributed by atoms with Crippen LogP contribution >= 0.6 is 0 Å². The van der Waals surface area contributed by atoms with Crippen molar-refractivity contribution in [2.75, 3.05) is 7.11 Å². The molecular formula is C14H20O9. The standard InChI is InChI=1S/C14H20O9/c1-6-10(21-7(2)15)11(22-8(3)16)12(23-9(4)17)13(20-6)14(18)19-5/h6,10-13H,1-5H3/t6-,10-,11+,12-,13-/m1/s1. The van der Waals surface area contributed by atoms with E-state index in [1.54, 1.807) is 0 Å². The number of hydrogen-bond acceptors (Lipinski definition) is 9. The Morgan fingerprint density at radius 1 is 0.783 bits per heavy atom. The van der Waals surface area contributed by atoms with E-state index in [2.05, 4.69) is 4.74 Å². The fourth-order valence-electron chi connectivity index (χ4n) is 2.32. The van der Waals surface area contributed by atoms with Crippen molar-refractivity contribution in [2.24, 2.45) is 0 Å². The second-order valence-electron chi connectivity index (χ2n) is 5.01. The van der Waals surface area contributed by atoms with Crippen molar-refractivity contribution in [1.29, 1.82) is 0 Å². The molecular weight excluding hydrogens is 312 g/mol. The number of hydrogen-bond donors (Lipinski definition) is 0. The van der Waals surface area contributed by atoms with Gasteiger partial charge in [0, 0.05) is 20.8 Å². The number of ether oxygens (including phenoxy) is 5. The summed E-state index contributed by atoms with van der Waals surface area (Å²) in [5.74, 6) is -2.86. The smallest absolute Gasteiger partial charge is 0.339 e. The van der Waals surface area contributed by atoms with Gasteiger partial charge in [0.1, 0.15) is 0 Å². The van der Waals surface area contributed by atoms with E-state index in [-0.39, 0.29) is 0 Å². The molecule has 0 amide bonds. The number of methoxy groups -OCH3 is 1. The van der Waals surface area contributed by atoms with E-state index in [4.69, 9.17) is 18.9 Å². The van der Waals surface area contributed by atoms with Gasteiger partial charge in [-0.2, -0.15) is 0 Å². The maximum atomic E-state index is 11.9. The van der Waals surface area contributed by atoms with Crippen LogP contribution in [0, 0.1) is 0 Å². The summed E-state index contributed by atoms with van der Waals surface area (Å²) in [6.07, 6.45) is -5.64. The summed E-state index contributed by atoms with van der Waals surface area (Å²) in [6.45, 7) is 4.97. The van der Waals surface area contributed by atoms with E-state index in [9.17, 15) is 19.2 Å². The molecule has 0 aliphatic carbocycles. The van der Waals surface area contributed by atoms with Gasteiger partial charge >= 0.3 is 23.9 Å². The van der Waals surface area contributed by atoms with Crippen LogP contribution in [0.5, 0.6) is 0 Å². The molecule has 23 heavy (non-hydrogen) atoms. The minimum atomic E-state index is -1.31. The number of carbonyl (C=O) groups excluding carboxylic acids is 4. The van der Waals surface area contributed by atoms with Gasteiger partial charge in [-0.1, -0.05) is 0 Å². The lowest BCUT2D eigenvalue weighted by molar-refractivity contribution is -0.245. The Hall–Kier alpha value is -2.16. The zero-order valence-electron chi connectivity index (χ0n) is 13.6. The van der Waals surface area contributed by atoms with Crippen molar-refractivity contribution in [1.82, 2.24) is 0 Å². The van der Waals surface area contributed by atoms with Crippen LogP contribution in [-0.2, 0) is 42.9 Å². The predicted molar refractivity (Wildman–Crippen MR) is 73.0 cm³/mol. The molecule has 9 nitrogen and oxygen atoms in total. The zero-order chi connectivity index (χ0) is 17.7. The summed E-state index contributed by atoms with van der Waals surface area (Å²) >= 11 is 0. The molecule has 1 aliphatic rings. The Morgan fingerprint density at radius 3 is 1.65 bits per heavy atom. The molecule has 0 aromatic carbocycles. The topological polar surface area (TPSA) is 114 Å². The van der Waals surface area contributed by atoms with E-state index >= 15 is 0 Å². The van der Waals surface area contributed by atoms with Crippen LogP contribution in [0.1, 0.15) is 27.7 Å². The molecule has 9 heteroatoms.